The van der Waals surface area contributed by atoms with Crippen LogP contribution >= 0.6 is 0 Å². The van der Waals surface area contributed by atoms with Gasteiger partial charge in [-0.3, -0.25) is 0 Å². The normalized spacial score (nSPS) is 34.5. The fourth-order valence-corrected chi connectivity index (χ4v) is 4.58. The Morgan fingerprint density at radius 3 is 2.75 bits per heavy atom. The van der Waals surface area contributed by atoms with E-state index in [2.05, 4.69) is 0 Å². The molecule has 0 amide bonds. The van der Waals surface area contributed by atoms with Gasteiger partial charge in [-0.2, -0.15) is 0 Å². The van der Waals surface area contributed by atoms with Gasteiger partial charge in [0.05, 0.1) is 32.0 Å². The third kappa shape index (κ3) is 3.03. The lowest BCUT2D eigenvalue weighted by atomic mass is 10.3. The summed E-state index contributed by atoms with van der Waals surface area (Å²) in [5.41, 5.74) is 0. The lowest BCUT2D eigenvalue weighted by Crippen LogP contribution is -2.38. The van der Waals surface area contributed by atoms with Crippen LogP contribution in [0, 0.1) is 0 Å². The van der Waals surface area contributed by atoms with E-state index in [0.29, 0.717) is 26.4 Å². The highest BCUT2D eigenvalue weighted by molar-refractivity contribution is 6.61. The summed E-state index contributed by atoms with van der Waals surface area (Å²) in [6.07, 6.45) is 1.43. The van der Waals surface area contributed by atoms with E-state index >= 15 is 0 Å². The predicted molar refractivity (Wildman–Crippen MR) is 59.1 cm³/mol. The van der Waals surface area contributed by atoms with Crippen molar-refractivity contribution in [3.63, 3.8) is 0 Å². The number of aliphatic hydroxyl groups is 1. The molecule has 1 unspecified atom stereocenters. The standard InChI is InChI=1S/C10H20O5Si/c1-2-9(11)6-12-4-3-5-16-13-7-10(15-16)8-14-16/h9-11H,2-8H2,1H3. The van der Waals surface area contributed by atoms with Crippen molar-refractivity contribution in [3.05, 3.63) is 0 Å². The van der Waals surface area contributed by atoms with Gasteiger partial charge in [0.15, 0.2) is 0 Å². The van der Waals surface area contributed by atoms with Gasteiger partial charge in [0.2, 0.25) is 0 Å². The molecule has 2 saturated heterocycles. The van der Waals surface area contributed by atoms with Crippen molar-refractivity contribution in [1.82, 2.24) is 0 Å². The zero-order valence-electron chi connectivity index (χ0n) is 9.68. The minimum atomic E-state index is -2.26. The first-order valence-electron chi connectivity index (χ1n) is 5.95. The number of rotatable bonds is 7. The third-order valence-corrected chi connectivity index (χ3v) is 5.75. The summed E-state index contributed by atoms with van der Waals surface area (Å²) in [4.78, 5) is 0. The first kappa shape index (κ1) is 12.5. The second kappa shape index (κ2) is 5.57. The molecule has 0 aliphatic carbocycles. The minimum Gasteiger partial charge on any atom is -0.391 e. The largest absolute Gasteiger partial charge is 0.501 e. The minimum absolute atomic E-state index is 0.175. The van der Waals surface area contributed by atoms with Crippen molar-refractivity contribution < 1.29 is 23.1 Å². The van der Waals surface area contributed by atoms with Gasteiger partial charge in [-0.1, -0.05) is 6.92 Å². The summed E-state index contributed by atoms with van der Waals surface area (Å²) in [5, 5.41) is 9.28. The van der Waals surface area contributed by atoms with Crippen LogP contribution in [0.1, 0.15) is 19.8 Å². The van der Waals surface area contributed by atoms with Crippen molar-refractivity contribution in [3.8, 4) is 0 Å². The van der Waals surface area contributed by atoms with Gasteiger partial charge >= 0.3 is 8.80 Å². The maximum Gasteiger partial charge on any atom is 0.501 e. The average molecular weight is 248 g/mol. The Labute approximate surface area is 97.0 Å². The fraction of sp³-hybridized carbons (Fsp3) is 1.00. The van der Waals surface area contributed by atoms with E-state index in [1.54, 1.807) is 0 Å². The smallest absolute Gasteiger partial charge is 0.391 e. The van der Waals surface area contributed by atoms with Crippen LogP contribution in [0.5, 0.6) is 0 Å². The SMILES string of the molecule is CCC(O)COCCC[Si]12OCC(CO1)O2. The molecule has 0 aromatic carbocycles. The van der Waals surface area contributed by atoms with Crippen LogP contribution in [0.2, 0.25) is 6.04 Å². The van der Waals surface area contributed by atoms with Crippen LogP contribution < -0.4 is 0 Å². The molecule has 1 atom stereocenters. The van der Waals surface area contributed by atoms with Gasteiger partial charge in [-0.15, -0.1) is 0 Å². The molecule has 2 heterocycles. The molecule has 2 bridgehead atoms. The quantitative estimate of drug-likeness (QED) is 0.526. The molecule has 0 radical (unpaired) electrons. The van der Waals surface area contributed by atoms with Gasteiger partial charge < -0.3 is 23.1 Å². The highest BCUT2D eigenvalue weighted by atomic mass is 28.4. The Morgan fingerprint density at radius 1 is 1.44 bits per heavy atom. The van der Waals surface area contributed by atoms with Crippen LogP contribution in [0.4, 0.5) is 0 Å². The first-order chi connectivity index (χ1) is 7.74. The highest BCUT2D eigenvalue weighted by Crippen LogP contribution is 2.32. The number of fused-ring (bicyclic) bond motifs is 2. The maximum absolute atomic E-state index is 9.28. The molecule has 2 aliphatic heterocycles. The molecule has 0 saturated carbocycles. The molecular weight excluding hydrogens is 228 g/mol. The van der Waals surface area contributed by atoms with E-state index in [4.69, 9.17) is 18.0 Å². The molecule has 0 aromatic heterocycles. The second-order valence-electron chi connectivity index (χ2n) is 4.29. The average Bonchev–Trinajstić information content (AvgIpc) is 2.88. The van der Waals surface area contributed by atoms with E-state index in [9.17, 15) is 5.11 Å². The van der Waals surface area contributed by atoms with Crippen molar-refractivity contribution in [2.45, 2.75) is 38.0 Å². The molecule has 94 valence electrons. The molecule has 2 fully saturated rings. The molecule has 16 heavy (non-hydrogen) atoms. The van der Waals surface area contributed by atoms with Crippen molar-refractivity contribution in [1.29, 1.82) is 0 Å². The summed E-state index contributed by atoms with van der Waals surface area (Å²) < 4.78 is 22.2. The van der Waals surface area contributed by atoms with Crippen LogP contribution in [0.3, 0.4) is 0 Å². The van der Waals surface area contributed by atoms with Gasteiger partial charge in [-0.25, -0.2) is 0 Å². The first-order valence-corrected chi connectivity index (χ1v) is 7.89. The number of ether oxygens (including phenoxy) is 1. The van der Waals surface area contributed by atoms with Crippen molar-refractivity contribution >= 4 is 8.80 Å². The topological polar surface area (TPSA) is 57.2 Å². The second-order valence-corrected chi connectivity index (χ2v) is 6.96. The summed E-state index contributed by atoms with van der Waals surface area (Å²) >= 11 is 0. The Kier molecular flexibility index (Phi) is 4.34. The summed E-state index contributed by atoms with van der Waals surface area (Å²) in [6, 6.07) is 0.825. The third-order valence-electron chi connectivity index (χ3n) is 2.88. The van der Waals surface area contributed by atoms with E-state index in [0.717, 1.165) is 18.9 Å². The zero-order valence-corrected chi connectivity index (χ0v) is 10.7. The monoisotopic (exact) mass is 248 g/mol. The summed E-state index contributed by atoms with van der Waals surface area (Å²) in [5.74, 6) is 0. The molecular formula is C10H20O5Si. The van der Waals surface area contributed by atoms with E-state index in [1.807, 2.05) is 6.92 Å². The number of aliphatic hydroxyl groups excluding tert-OH is 1. The maximum atomic E-state index is 9.28. The van der Waals surface area contributed by atoms with E-state index in [1.165, 1.54) is 0 Å². The molecule has 2 aliphatic rings. The van der Waals surface area contributed by atoms with Crippen LogP contribution in [0.15, 0.2) is 0 Å². The fourth-order valence-electron chi connectivity index (χ4n) is 1.85. The zero-order chi connectivity index (χ0) is 11.4. The lowest BCUT2D eigenvalue weighted by molar-refractivity contribution is 0.0342. The molecule has 6 heteroatoms. The molecule has 1 N–H and O–H groups in total. The Morgan fingerprint density at radius 2 is 2.19 bits per heavy atom. The van der Waals surface area contributed by atoms with E-state index in [-0.39, 0.29) is 12.2 Å². The van der Waals surface area contributed by atoms with Crippen LogP contribution in [0.25, 0.3) is 0 Å². The Hall–Kier alpha value is 0.0169. The molecule has 0 aromatic rings. The lowest BCUT2D eigenvalue weighted by Gasteiger charge is -2.19. The molecule has 2 rings (SSSR count). The highest BCUT2D eigenvalue weighted by Gasteiger charge is 2.54. The van der Waals surface area contributed by atoms with Crippen molar-refractivity contribution in [2.24, 2.45) is 0 Å². The molecule has 5 nitrogen and oxygen atoms in total. The van der Waals surface area contributed by atoms with Gasteiger partial charge in [0, 0.05) is 12.7 Å². The van der Waals surface area contributed by atoms with E-state index < -0.39 is 8.80 Å². The number of hydrogen-bond donors (Lipinski definition) is 1. The van der Waals surface area contributed by atoms with Gasteiger partial charge in [0.1, 0.15) is 0 Å². The summed E-state index contributed by atoms with van der Waals surface area (Å²) in [7, 11) is -2.26. The molecule has 0 spiro atoms. The van der Waals surface area contributed by atoms with Gasteiger partial charge in [-0.05, 0) is 12.8 Å². The van der Waals surface area contributed by atoms with Crippen molar-refractivity contribution in [2.75, 3.05) is 26.4 Å². The summed E-state index contributed by atoms with van der Waals surface area (Å²) in [6.45, 7) is 4.37. The van der Waals surface area contributed by atoms with Gasteiger partial charge in [0.25, 0.3) is 0 Å². The Balaban J connectivity index is 1.55. The van der Waals surface area contributed by atoms with Crippen LogP contribution in [-0.2, 0) is 18.0 Å². The number of hydrogen-bond acceptors (Lipinski definition) is 5. The predicted octanol–water partition coefficient (Wildman–Crippen LogP) is 0.548. The van der Waals surface area contributed by atoms with Crippen LogP contribution in [-0.4, -0.2) is 52.5 Å². The Bertz CT molecular complexity index is 217.